The van der Waals surface area contributed by atoms with E-state index < -0.39 is 35.6 Å². The van der Waals surface area contributed by atoms with Crippen molar-refractivity contribution in [1.29, 1.82) is 0 Å². The summed E-state index contributed by atoms with van der Waals surface area (Å²) in [5, 5.41) is 4.67. The van der Waals surface area contributed by atoms with Gasteiger partial charge < -0.3 is 14.5 Å². The Kier molecular flexibility index (Phi) is 6.20. The highest BCUT2D eigenvalue weighted by atomic mass is 19.1. The second-order valence-corrected chi connectivity index (χ2v) is 6.58. The summed E-state index contributed by atoms with van der Waals surface area (Å²) in [6.45, 7) is 1.34. The van der Waals surface area contributed by atoms with Gasteiger partial charge in [0.1, 0.15) is 11.6 Å². The van der Waals surface area contributed by atoms with E-state index in [1.807, 2.05) is 0 Å². The van der Waals surface area contributed by atoms with Crippen molar-refractivity contribution in [2.24, 2.45) is 0 Å². The fourth-order valence-corrected chi connectivity index (χ4v) is 2.46. The van der Waals surface area contributed by atoms with Gasteiger partial charge in [-0.05, 0) is 31.9 Å². The van der Waals surface area contributed by atoms with E-state index in [0.29, 0.717) is 0 Å². The summed E-state index contributed by atoms with van der Waals surface area (Å²) >= 11 is 0. The molecule has 3 rings (SSSR count). The number of halogens is 2. The van der Waals surface area contributed by atoms with E-state index in [1.165, 1.54) is 13.0 Å². The topological polar surface area (TPSA) is 111 Å². The second kappa shape index (κ2) is 8.80. The molecule has 0 aliphatic heterocycles. The van der Waals surface area contributed by atoms with E-state index in [9.17, 15) is 23.2 Å². The highest BCUT2D eigenvalue weighted by Gasteiger charge is 2.26. The van der Waals surface area contributed by atoms with Gasteiger partial charge in [0.05, 0.1) is 18.2 Å². The van der Waals surface area contributed by atoms with Crippen molar-refractivity contribution in [3.63, 3.8) is 0 Å². The number of nitrogens with zero attached hydrogens (tertiary/aromatic N) is 1. The van der Waals surface area contributed by atoms with E-state index in [0.717, 1.165) is 31.2 Å². The van der Waals surface area contributed by atoms with Crippen LogP contribution in [0.4, 0.5) is 13.6 Å². The molecule has 154 valence electrons. The Morgan fingerprint density at radius 3 is 2.62 bits per heavy atom. The van der Waals surface area contributed by atoms with Crippen LogP contribution in [0.15, 0.2) is 28.8 Å². The largest absolute Gasteiger partial charge is 0.453 e. The Labute approximate surface area is 164 Å². The van der Waals surface area contributed by atoms with Crippen LogP contribution in [0.3, 0.4) is 0 Å². The molecule has 8 nitrogen and oxygen atoms in total. The van der Waals surface area contributed by atoms with E-state index in [1.54, 1.807) is 0 Å². The number of aromatic nitrogens is 1. The second-order valence-electron chi connectivity index (χ2n) is 6.58. The van der Waals surface area contributed by atoms with Gasteiger partial charge >= 0.3 is 12.0 Å². The minimum Gasteiger partial charge on any atom is -0.453 e. The number of benzene rings is 1. The Hall–Kier alpha value is -3.30. The maximum atomic E-state index is 13.8. The third kappa shape index (κ3) is 5.59. The number of imide groups is 1. The molecule has 1 aliphatic rings. The molecule has 1 heterocycles. The summed E-state index contributed by atoms with van der Waals surface area (Å²) in [5.41, 5.74) is -0.344. The summed E-state index contributed by atoms with van der Waals surface area (Å²) < 4.78 is 37.8. The fourth-order valence-electron chi connectivity index (χ4n) is 2.46. The van der Waals surface area contributed by atoms with Crippen LogP contribution in [-0.2, 0) is 20.7 Å². The highest BCUT2D eigenvalue weighted by molar-refractivity contribution is 5.97. The molecule has 1 fully saturated rings. The van der Waals surface area contributed by atoms with Gasteiger partial charge in [0.25, 0.3) is 5.91 Å². The predicted octanol–water partition coefficient (Wildman–Crippen LogP) is 2.47. The van der Waals surface area contributed by atoms with Crippen molar-refractivity contribution in [2.75, 3.05) is 0 Å². The third-order valence-electron chi connectivity index (χ3n) is 4.13. The summed E-state index contributed by atoms with van der Waals surface area (Å²) in [6.07, 6.45) is 1.57. The van der Waals surface area contributed by atoms with Crippen LogP contribution in [0.1, 0.15) is 32.1 Å². The first-order chi connectivity index (χ1) is 13.8. The number of urea groups is 1. The molecule has 0 bridgehead atoms. The van der Waals surface area contributed by atoms with Crippen LogP contribution < -0.4 is 10.6 Å². The van der Waals surface area contributed by atoms with Crippen LogP contribution in [0, 0.1) is 11.6 Å². The van der Waals surface area contributed by atoms with Crippen LogP contribution >= 0.6 is 0 Å². The zero-order valence-electron chi connectivity index (χ0n) is 15.5. The summed E-state index contributed by atoms with van der Waals surface area (Å²) in [4.78, 5) is 39.1. The molecule has 1 unspecified atom stereocenters. The number of nitrogens with one attached hydrogen (secondary N) is 2. The number of rotatable bonds is 7. The van der Waals surface area contributed by atoms with Gasteiger partial charge in [0.15, 0.2) is 17.8 Å². The molecule has 1 saturated carbocycles. The van der Waals surface area contributed by atoms with E-state index in [-0.39, 0.29) is 36.1 Å². The smallest absolute Gasteiger partial charge is 0.321 e. The average molecular weight is 407 g/mol. The molecule has 10 heteroatoms. The van der Waals surface area contributed by atoms with Crippen molar-refractivity contribution in [3.05, 3.63) is 41.9 Å². The third-order valence-corrected chi connectivity index (χ3v) is 4.13. The molecular weight excluding hydrogens is 388 g/mol. The summed E-state index contributed by atoms with van der Waals surface area (Å²) in [6, 6.07) is 2.87. The lowest BCUT2D eigenvalue weighted by atomic mass is 10.1. The van der Waals surface area contributed by atoms with Crippen molar-refractivity contribution in [2.45, 2.75) is 44.8 Å². The summed E-state index contributed by atoms with van der Waals surface area (Å²) in [5.74, 6) is -3.06. The summed E-state index contributed by atoms with van der Waals surface area (Å²) in [7, 11) is 0. The fraction of sp³-hybridized carbons (Fsp3) is 0.368. The lowest BCUT2D eigenvalue weighted by Gasteiger charge is -2.12. The first-order valence-electron chi connectivity index (χ1n) is 9.03. The predicted molar refractivity (Wildman–Crippen MR) is 95.4 cm³/mol. The molecule has 0 spiro atoms. The average Bonchev–Trinajstić information content (AvgIpc) is 3.34. The SMILES string of the molecule is CC(OC(=O)CCc1ncc(-c2c(F)cccc2F)o1)C(=O)NC(=O)NC1CC1. The van der Waals surface area contributed by atoms with E-state index in [2.05, 4.69) is 15.6 Å². The van der Waals surface area contributed by atoms with Crippen molar-refractivity contribution < 1.29 is 32.3 Å². The van der Waals surface area contributed by atoms with Gasteiger partial charge in [-0.2, -0.15) is 0 Å². The van der Waals surface area contributed by atoms with Crippen LogP contribution in [0.25, 0.3) is 11.3 Å². The quantitative estimate of drug-likeness (QED) is 0.683. The van der Waals surface area contributed by atoms with Crippen LogP contribution in [-0.4, -0.2) is 35.0 Å². The molecule has 1 aromatic carbocycles. The zero-order valence-corrected chi connectivity index (χ0v) is 15.5. The Morgan fingerprint density at radius 2 is 1.97 bits per heavy atom. The number of aryl methyl sites for hydroxylation is 1. The van der Waals surface area contributed by atoms with E-state index in [4.69, 9.17) is 9.15 Å². The van der Waals surface area contributed by atoms with Gasteiger partial charge in [0.2, 0.25) is 0 Å². The van der Waals surface area contributed by atoms with Crippen LogP contribution in [0.2, 0.25) is 0 Å². The maximum absolute atomic E-state index is 13.8. The first kappa shape index (κ1) is 20.4. The lowest BCUT2D eigenvalue weighted by Crippen LogP contribution is -2.45. The van der Waals surface area contributed by atoms with Gasteiger partial charge in [-0.15, -0.1) is 0 Å². The monoisotopic (exact) mass is 407 g/mol. The number of ether oxygens (including phenoxy) is 1. The lowest BCUT2D eigenvalue weighted by molar-refractivity contribution is -0.154. The Bertz CT molecular complexity index is 906. The van der Waals surface area contributed by atoms with Crippen LogP contribution in [0.5, 0.6) is 0 Å². The number of hydrogen-bond acceptors (Lipinski definition) is 6. The molecule has 2 aromatic rings. The molecule has 2 N–H and O–H groups in total. The van der Waals surface area contributed by atoms with Gasteiger partial charge in [-0.25, -0.2) is 18.6 Å². The number of esters is 1. The van der Waals surface area contributed by atoms with Gasteiger partial charge in [-0.3, -0.25) is 14.9 Å². The van der Waals surface area contributed by atoms with Gasteiger partial charge in [0, 0.05) is 12.5 Å². The number of hydrogen-bond donors (Lipinski definition) is 2. The Morgan fingerprint density at radius 1 is 1.28 bits per heavy atom. The maximum Gasteiger partial charge on any atom is 0.321 e. The normalized spacial score (nSPS) is 14.2. The molecule has 0 saturated heterocycles. The molecule has 3 amide bonds. The van der Waals surface area contributed by atoms with Crippen molar-refractivity contribution in [1.82, 2.24) is 15.6 Å². The molecule has 1 aliphatic carbocycles. The first-order valence-corrected chi connectivity index (χ1v) is 9.03. The van der Waals surface area contributed by atoms with Crippen molar-refractivity contribution >= 4 is 17.9 Å². The molecule has 0 radical (unpaired) electrons. The number of carbonyl (C=O) groups excluding carboxylic acids is 3. The molecule has 1 atom stereocenters. The molecule has 29 heavy (non-hydrogen) atoms. The molecule has 1 aromatic heterocycles. The number of carbonyl (C=O) groups is 3. The Balaban J connectivity index is 1.47. The van der Waals surface area contributed by atoms with Crippen molar-refractivity contribution in [3.8, 4) is 11.3 Å². The van der Waals surface area contributed by atoms with Gasteiger partial charge in [-0.1, -0.05) is 6.07 Å². The standard InChI is InChI=1S/C19H19F2N3O5/c1-10(18(26)24-19(27)23-11-5-6-11)28-16(25)8-7-15-22-9-14(29-15)17-12(20)3-2-4-13(17)21/h2-4,9-11H,5-8H2,1H3,(H2,23,24,26,27). The highest BCUT2D eigenvalue weighted by Crippen LogP contribution is 2.26. The molecular formula is C19H19F2N3O5. The van der Waals surface area contributed by atoms with E-state index >= 15 is 0 Å². The number of oxazole rings is 1. The minimum absolute atomic E-state index is 0.00537. The number of amides is 3. The zero-order chi connectivity index (χ0) is 21.0. The minimum atomic E-state index is -1.17.